The second-order valence-corrected chi connectivity index (χ2v) is 7.89. The highest BCUT2D eigenvalue weighted by molar-refractivity contribution is 7.10. The van der Waals surface area contributed by atoms with Crippen molar-refractivity contribution < 1.29 is 14.3 Å². The molecule has 0 saturated carbocycles. The van der Waals surface area contributed by atoms with Crippen molar-refractivity contribution in [2.24, 2.45) is 0 Å². The molecule has 1 aromatic carbocycles. The number of ether oxygens (including phenoxy) is 1. The molecule has 6 nitrogen and oxygen atoms in total. The fraction of sp³-hybridized carbons (Fsp3) is 0.364. The van der Waals surface area contributed by atoms with E-state index in [2.05, 4.69) is 53.2 Å². The molecular weight excluding hydrogens is 386 g/mol. The van der Waals surface area contributed by atoms with Crippen LogP contribution in [-0.2, 0) is 9.53 Å². The average molecular weight is 414 g/mol. The molecule has 3 rings (SSSR count). The van der Waals surface area contributed by atoms with Crippen LogP contribution >= 0.6 is 11.3 Å². The largest absolute Gasteiger partial charge is 0.463 e. The summed E-state index contributed by atoms with van der Waals surface area (Å²) in [7, 11) is 0. The molecule has 2 atom stereocenters. The van der Waals surface area contributed by atoms with Gasteiger partial charge in [-0.1, -0.05) is 42.8 Å². The molecule has 154 valence electrons. The van der Waals surface area contributed by atoms with E-state index in [-0.39, 0.29) is 24.7 Å². The van der Waals surface area contributed by atoms with Gasteiger partial charge in [-0.15, -0.1) is 11.3 Å². The molecule has 2 amide bonds. The number of aryl methyl sites for hydroxylation is 1. The average Bonchev–Trinajstić information content (AvgIpc) is 3.23. The minimum atomic E-state index is -0.397. The van der Waals surface area contributed by atoms with Gasteiger partial charge in [0, 0.05) is 17.1 Å². The molecule has 3 N–H and O–H groups in total. The third-order valence-electron chi connectivity index (χ3n) is 4.87. The molecule has 0 saturated heterocycles. The Labute approximate surface area is 175 Å². The quantitative estimate of drug-likeness (QED) is 0.577. The van der Waals surface area contributed by atoms with Gasteiger partial charge < -0.3 is 15.4 Å². The maximum atomic E-state index is 12.6. The van der Waals surface area contributed by atoms with Gasteiger partial charge in [0.15, 0.2) is 0 Å². The lowest BCUT2D eigenvalue weighted by atomic mass is 9.99. The number of hydrogen-bond donors (Lipinski definition) is 3. The number of amides is 2. The topological polar surface area (TPSA) is 79.5 Å². The van der Waals surface area contributed by atoms with E-state index in [0.29, 0.717) is 24.2 Å². The molecule has 1 aliphatic heterocycles. The Hall–Kier alpha value is -2.64. The number of urea groups is 1. The molecule has 7 heteroatoms. The molecule has 2 heterocycles. The van der Waals surface area contributed by atoms with Crippen LogP contribution in [0.15, 0.2) is 53.0 Å². The molecular formula is C22H27N3O3S. The number of hydrogen-bond acceptors (Lipinski definition) is 5. The molecule has 29 heavy (non-hydrogen) atoms. The molecule has 0 bridgehead atoms. The van der Waals surface area contributed by atoms with Gasteiger partial charge in [0.25, 0.3) is 0 Å². The zero-order valence-corrected chi connectivity index (χ0v) is 17.8. The van der Waals surface area contributed by atoms with Crippen LogP contribution in [0.5, 0.6) is 0 Å². The lowest BCUT2D eigenvalue weighted by molar-refractivity contribution is -0.139. The Morgan fingerprint density at radius 1 is 1.24 bits per heavy atom. The lowest BCUT2D eigenvalue weighted by Crippen LogP contribution is -2.52. The summed E-state index contributed by atoms with van der Waals surface area (Å²) < 4.78 is 5.24. The fourth-order valence-corrected chi connectivity index (χ4v) is 4.23. The minimum Gasteiger partial charge on any atom is -0.463 e. The van der Waals surface area contributed by atoms with Gasteiger partial charge in [0.1, 0.15) is 0 Å². The van der Waals surface area contributed by atoms with E-state index in [0.717, 1.165) is 5.56 Å². The monoisotopic (exact) mass is 413 g/mol. The Morgan fingerprint density at radius 2 is 2.00 bits per heavy atom. The molecule has 1 aliphatic rings. The van der Waals surface area contributed by atoms with Crippen LogP contribution in [-0.4, -0.2) is 31.2 Å². The van der Waals surface area contributed by atoms with Crippen molar-refractivity contribution in [1.82, 2.24) is 16.0 Å². The van der Waals surface area contributed by atoms with Crippen molar-refractivity contribution in [1.29, 1.82) is 0 Å². The summed E-state index contributed by atoms with van der Waals surface area (Å²) in [6.45, 7) is 6.39. The van der Waals surface area contributed by atoms with Crippen LogP contribution in [0.3, 0.4) is 0 Å². The predicted octanol–water partition coefficient (Wildman–Crippen LogP) is 3.64. The van der Waals surface area contributed by atoms with Gasteiger partial charge in [-0.05, 0) is 37.3 Å². The Morgan fingerprint density at radius 3 is 2.62 bits per heavy atom. The summed E-state index contributed by atoms with van der Waals surface area (Å²) in [5, 5.41) is 11.2. The van der Waals surface area contributed by atoms with Crippen molar-refractivity contribution in [2.45, 2.75) is 39.3 Å². The normalized spacial score (nSPS) is 17.5. The molecule has 1 aromatic heterocycles. The second-order valence-electron chi connectivity index (χ2n) is 6.91. The summed E-state index contributed by atoms with van der Waals surface area (Å²) in [6, 6.07) is 11.8. The van der Waals surface area contributed by atoms with Gasteiger partial charge in [0.05, 0.1) is 24.3 Å². The maximum Gasteiger partial charge on any atom is 0.337 e. The van der Waals surface area contributed by atoms with Crippen LogP contribution in [0.4, 0.5) is 4.79 Å². The maximum absolute atomic E-state index is 12.6. The first kappa shape index (κ1) is 21.1. The first-order chi connectivity index (χ1) is 14.0. The van der Waals surface area contributed by atoms with Crippen LogP contribution < -0.4 is 16.0 Å². The highest BCUT2D eigenvalue weighted by Crippen LogP contribution is 2.27. The Balaban J connectivity index is 1.90. The van der Waals surface area contributed by atoms with Crippen LogP contribution in [0.25, 0.3) is 0 Å². The van der Waals surface area contributed by atoms with E-state index in [1.165, 1.54) is 10.4 Å². The van der Waals surface area contributed by atoms with E-state index in [9.17, 15) is 9.59 Å². The number of carbonyl (C=O) groups excluding carboxylic acids is 2. The molecule has 0 fully saturated rings. The van der Waals surface area contributed by atoms with E-state index in [1.807, 2.05) is 18.4 Å². The first-order valence-electron chi connectivity index (χ1n) is 9.84. The smallest absolute Gasteiger partial charge is 0.337 e. The first-order valence-corrected chi connectivity index (χ1v) is 10.7. The number of nitrogens with one attached hydrogen (secondary N) is 3. The number of esters is 1. The second kappa shape index (κ2) is 9.71. The minimum absolute atomic E-state index is 0.0431. The van der Waals surface area contributed by atoms with Gasteiger partial charge in [-0.25, -0.2) is 9.59 Å². The highest BCUT2D eigenvalue weighted by Gasteiger charge is 2.31. The molecule has 0 aliphatic carbocycles. The van der Waals surface area contributed by atoms with E-state index < -0.39 is 5.97 Å². The summed E-state index contributed by atoms with van der Waals surface area (Å²) in [4.78, 5) is 25.8. The van der Waals surface area contributed by atoms with Crippen LogP contribution in [0.1, 0.15) is 42.3 Å². The van der Waals surface area contributed by atoms with Crippen molar-refractivity contribution in [3.63, 3.8) is 0 Å². The lowest BCUT2D eigenvalue weighted by Gasteiger charge is -2.29. The van der Waals surface area contributed by atoms with E-state index in [1.54, 1.807) is 18.3 Å². The zero-order valence-electron chi connectivity index (χ0n) is 17.0. The van der Waals surface area contributed by atoms with Crippen molar-refractivity contribution in [2.75, 3.05) is 13.2 Å². The Bertz CT molecular complexity index is 875. The van der Waals surface area contributed by atoms with Gasteiger partial charge in [-0.3, -0.25) is 5.32 Å². The van der Waals surface area contributed by atoms with E-state index in [4.69, 9.17) is 4.74 Å². The summed E-state index contributed by atoms with van der Waals surface area (Å²) in [5.74, 6) is -0.397. The van der Waals surface area contributed by atoms with Gasteiger partial charge in [-0.2, -0.15) is 0 Å². The van der Waals surface area contributed by atoms with Gasteiger partial charge in [0.2, 0.25) is 0 Å². The van der Waals surface area contributed by atoms with Crippen molar-refractivity contribution in [3.8, 4) is 0 Å². The molecule has 0 spiro atoms. The van der Waals surface area contributed by atoms with E-state index >= 15 is 0 Å². The third-order valence-corrected chi connectivity index (χ3v) is 5.81. The third kappa shape index (κ3) is 5.05. The highest BCUT2D eigenvalue weighted by atomic mass is 32.1. The Kier molecular flexibility index (Phi) is 7.06. The predicted molar refractivity (Wildman–Crippen MR) is 115 cm³/mol. The van der Waals surface area contributed by atoms with Gasteiger partial charge >= 0.3 is 12.0 Å². The summed E-state index contributed by atoms with van der Waals surface area (Å²) >= 11 is 1.67. The summed E-state index contributed by atoms with van der Waals surface area (Å²) in [5.41, 5.74) is 3.37. The van der Waals surface area contributed by atoms with Crippen LogP contribution in [0.2, 0.25) is 0 Å². The number of thiophene rings is 1. The van der Waals surface area contributed by atoms with Crippen molar-refractivity contribution in [3.05, 3.63) is 69.1 Å². The standard InChI is InChI=1S/C22H27N3O3S/c1-4-16-19(21(26)28-5-2)17(25-22(27)24-16)13-23-20(18-7-6-12-29-18)15-10-8-14(3)9-11-15/h6-12,16,20,23H,4-5,13H2,1-3H3,(H2,24,25,27)/t16-,20-/m0/s1. The fourth-order valence-electron chi connectivity index (χ4n) is 3.40. The molecule has 2 aromatic rings. The molecule has 0 radical (unpaired) electrons. The number of rotatable bonds is 8. The number of benzene rings is 1. The van der Waals surface area contributed by atoms with Crippen molar-refractivity contribution >= 4 is 23.3 Å². The van der Waals surface area contributed by atoms with Crippen LogP contribution in [0, 0.1) is 6.92 Å². The molecule has 0 unspecified atom stereocenters. The summed E-state index contributed by atoms with van der Waals surface area (Å²) in [6.07, 6.45) is 0.609. The SMILES string of the molecule is CCOC(=O)C1=C(CN[C@@H](c2ccc(C)cc2)c2cccs2)NC(=O)N[C@H]1CC. The zero-order chi connectivity index (χ0) is 20.8. The number of carbonyl (C=O) groups is 2.